The van der Waals surface area contributed by atoms with Gasteiger partial charge in [-0.2, -0.15) is 0 Å². The minimum atomic E-state index is -1.85. The van der Waals surface area contributed by atoms with Crippen LogP contribution in [0.3, 0.4) is 0 Å². The maximum Gasteiger partial charge on any atom is 0.325 e. The lowest BCUT2D eigenvalue weighted by atomic mass is 10.0. The Morgan fingerprint density at radius 3 is 1.68 bits per heavy atom. The Hall–Kier alpha value is -5.46. The molecule has 8 unspecified atom stereocenters. The van der Waals surface area contributed by atoms with Gasteiger partial charge < -0.3 is 74.1 Å². The molecule has 0 aromatic heterocycles. The van der Waals surface area contributed by atoms with Crippen LogP contribution >= 0.6 is 0 Å². The van der Waals surface area contributed by atoms with Crippen molar-refractivity contribution in [2.75, 3.05) is 32.8 Å². The number of hydrogen-bond acceptors (Lipinski definition) is 15. The van der Waals surface area contributed by atoms with Crippen molar-refractivity contribution in [3.8, 4) is 0 Å². The topological polar surface area (TPSA) is 389 Å². The van der Waals surface area contributed by atoms with Gasteiger partial charge >= 0.3 is 5.97 Å². The molecular weight excluding hydrogens is 869 g/mol. The van der Waals surface area contributed by atoms with Gasteiger partial charge in [0.25, 0.3) is 0 Å². The molecule has 1 fully saturated rings. The number of nitrogens with two attached hydrogens (primary N) is 2. The van der Waals surface area contributed by atoms with Crippen LogP contribution in [0.15, 0.2) is 0 Å². The summed E-state index contributed by atoms with van der Waals surface area (Å²) in [4.78, 5) is 130. The van der Waals surface area contributed by atoms with Gasteiger partial charge in [-0.25, -0.2) is 0 Å². The zero-order valence-corrected chi connectivity index (χ0v) is 38.5. The molecule has 24 heteroatoms. The second kappa shape index (κ2) is 33.1. The van der Waals surface area contributed by atoms with Crippen molar-refractivity contribution >= 4 is 59.1 Å². The Labute approximate surface area is 385 Å². The molecule has 1 saturated heterocycles. The summed E-state index contributed by atoms with van der Waals surface area (Å²) in [6, 6.07) is -9.66. The molecule has 66 heavy (non-hydrogen) atoms. The first-order valence-electron chi connectivity index (χ1n) is 22.8. The first-order valence-corrected chi connectivity index (χ1v) is 22.8. The highest BCUT2D eigenvalue weighted by Crippen LogP contribution is 2.15. The molecule has 1 aliphatic heterocycles. The van der Waals surface area contributed by atoms with Gasteiger partial charge in [-0.15, -0.1) is 0 Å². The van der Waals surface area contributed by atoms with Crippen LogP contribution in [0.4, 0.5) is 0 Å². The molecule has 0 saturated carbocycles. The van der Waals surface area contributed by atoms with E-state index < -0.39 is 140 Å². The van der Waals surface area contributed by atoms with E-state index in [1.165, 1.54) is 39.0 Å². The smallest absolute Gasteiger partial charge is 0.325 e. The highest BCUT2D eigenvalue weighted by Gasteiger charge is 2.34. The molecule has 0 radical (unpaired) electrons. The van der Waals surface area contributed by atoms with E-state index in [4.69, 9.17) is 16.2 Å². The number of cyclic esters (lactones) is 1. The van der Waals surface area contributed by atoms with E-state index in [9.17, 15) is 63.3 Å². The molecule has 1 rings (SSSR count). The number of aliphatic hydroxyl groups excluding tert-OH is 3. The van der Waals surface area contributed by atoms with Crippen molar-refractivity contribution in [3.63, 3.8) is 0 Å². The van der Waals surface area contributed by atoms with Crippen molar-refractivity contribution in [2.24, 2.45) is 11.5 Å². The van der Waals surface area contributed by atoms with E-state index in [1.54, 1.807) is 0 Å². The first-order chi connectivity index (χ1) is 31.4. The molecule has 0 aromatic rings. The Morgan fingerprint density at radius 2 is 1.14 bits per heavy atom. The lowest BCUT2D eigenvalue weighted by Crippen LogP contribution is -2.61. The Kier molecular flexibility index (Phi) is 29.3. The van der Waals surface area contributed by atoms with Crippen LogP contribution in [0.5, 0.6) is 0 Å². The van der Waals surface area contributed by atoms with Gasteiger partial charge in [0.1, 0.15) is 48.9 Å². The Balaban J connectivity index is 3.39. The molecule has 0 spiro atoms. The quantitative estimate of drug-likeness (QED) is 0.0411. The third-order valence-electron chi connectivity index (χ3n) is 10.5. The zero-order valence-electron chi connectivity index (χ0n) is 38.5. The summed E-state index contributed by atoms with van der Waals surface area (Å²) < 4.78 is 5.59. The molecule has 0 bridgehead atoms. The highest BCUT2D eigenvalue weighted by atomic mass is 16.5. The third-order valence-corrected chi connectivity index (χ3v) is 10.5. The predicted molar refractivity (Wildman–Crippen MR) is 237 cm³/mol. The van der Waals surface area contributed by atoms with Crippen LogP contribution in [-0.2, 0) is 52.7 Å². The second-order valence-electron chi connectivity index (χ2n) is 16.4. The molecule has 376 valence electrons. The van der Waals surface area contributed by atoms with Crippen molar-refractivity contribution < 1.29 is 68.0 Å². The lowest BCUT2D eigenvalue weighted by molar-refractivity contribution is -0.151. The summed E-state index contributed by atoms with van der Waals surface area (Å²) >= 11 is 0. The summed E-state index contributed by atoms with van der Waals surface area (Å²) in [5.41, 5.74) is 10.9. The summed E-state index contributed by atoms with van der Waals surface area (Å²) in [5, 5.41) is 48.3. The van der Waals surface area contributed by atoms with Gasteiger partial charge in [-0.05, 0) is 46.1 Å². The van der Waals surface area contributed by atoms with Gasteiger partial charge in [0.05, 0.1) is 38.7 Å². The number of amides is 9. The maximum absolute atomic E-state index is 13.3. The number of rotatable bonds is 20. The molecule has 1 aliphatic rings. The summed E-state index contributed by atoms with van der Waals surface area (Å²) in [6.07, 6.45) is 8.19. The molecular formula is C42H74N10O14. The number of carbonyl (C=O) groups is 10. The average molecular weight is 943 g/mol. The Morgan fingerprint density at radius 1 is 0.621 bits per heavy atom. The van der Waals surface area contributed by atoms with E-state index in [2.05, 4.69) is 49.5 Å². The number of nitrogens with one attached hydrogen (secondary N) is 8. The van der Waals surface area contributed by atoms with Crippen molar-refractivity contribution in [3.05, 3.63) is 0 Å². The van der Waals surface area contributed by atoms with E-state index in [0.717, 1.165) is 39.0 Å². The van der Waals surface area contributed by atoms with E-state index in [-0.39, 0.29) is 32.2 Å². The monoisotopic (exact) mass is 943 g/mol. The summed E-state index contributed by atoms with van der Waals surface area (Å²) in [6.45, 7) is 1.11. The van der Waals surface area contributed by atoms with Crippen LogP contribution in [0.2, 0.25) is 0 Å². The maximum atomic E-state index is 13.3. The van der Waals surface area contributed by atoms with Crippen molar-refractivity contribution in [1.29, 1.82) is 0 Å². The van der Waals surface area contributed by atoms with E-state index in [0.29, 0.717) is 6.42 Å². The first kappa shape index (κ1) is 58.6. The largest absolute Gasteiger partial charge is 0.461 e. The molecule has 0 aromatic carbocycles. The van der Waals surface area contributed by atoms with Crippen LogP contribution < -0.4 is 54.0 Å². The number of unbranched alkanes of at least 4 members (excludes halogenated alkanes) is 10. The highest BCUT2D eigenvalue weighted by molar-refractivity contribution is 5.98. The second-order valence-corrected chi connectivity index (χ2v) is 16.4. The number of aliphatic hydroxyl groups is 3. The van der Waals surface area contributed by atoms with Gasteiger partial charge in [0.2, 0.25) is 53.2 Å². The van der Waals surface area contributed by atoms with Crippen molar-refractivity contribution in [2.45, 2.75) is 172 Å². The van der Waals surface area contributed by atoms with E-state index >= 15 is 0 Å². The molecule has 15 N–H and O–H groups in total. The average Bonchev–Trinajstić information content (AvgIpc) is 3.26. The number of hydrogen-bond donors (Lipinski definition) is 13. The Bertz CT molecular complexity index is 1600. The summed E-state index contributed by atoms with van der Waals surface area (Å²) in [5.74, 6) is -10.2. The zero-order chi connectivity index (χ0) is 49.6. The van der Waals surface area contributed by atoms with Crippen molar-refractivity contribution in [1.82, 2.24) is 42.5 Å². The molecule has 24 nitrogen and oxygen atoms in total. The third kappa shape index (κ3) is 24.2. The molecule has 0 aliphatic carbocycles. The fourth-order valence-corrected chi connectivity index (χ4v) is 6.73. The summed E-state index contributed by atoms with van der Waals surface area (Å²) in [7, 11) is 0. The molecule has 9 amide bonds. The molecule has 8 atom stereocenters. The number of ether oxygens (including phenoxy) is 1. The lowest BCUT2D eigenvalue weighted by Gasteiger charge is -2.26. The fraction of sp³-hybridized carbons (Fsp3) is 0.762. The van der Waals surface area contributed by atoms with Gasteiger partial charge in [-0.1, -0.05) is 71.1 Å². The minimum absolute atomic E-state index is 0.0239. The van der Waals surface area contributed by atoms with Crippen LogP contribution in [0.1, 0.15) is 124 Å². The fourth-order valence-electron chi connectivity index (χ4n) is 6.73. The van der Waals surface area contributed by atoms with Crippen LogP contribution in [0, 0.1) is 0 Å². The number of primary amides is 1. The number of esters is 1. The number of carbonyl (C=O) groups excluding carboxylic acids is 10. The van der Waals surface area contributed by atoms with Crippen LogP contribution in [-0.4, -0.2) is 156 Å². The normalized spacial score (nSPS) is 24.7. The van der Waals surface area contributed by atoms with E-state index in [1.807, 2.05) is 0 Å². The predicted octanol–water partition coefficient (Wildman–Crippen LogP) is -3.86. The minimum Gasteiger partial charge on any atom is -0.461 e. The van der Waals surface area contributed by atoms with Crippen LogP contribution in [0.25, 0.3) is 0 Å². The van der Waals surface area contributed by atoms with Gasteiger partial charge in [-0.3, -0.25) is 47.9 Å². The SMILES string of the molecule is CCCCCCCCCCCCCC1CC(=O)NC(C)C(=O)NC(CCCN)C(=O)NCC(=O)NC(CO)C(=O)NC(CO)C(=O)NC(CC(N)=O)C(=O)NC(C(C)O)C(=O)NCC(=O)O1. The van der Waals surface area contributed by atoms with Gasteiger partial charge in [0.15, 0.2) is 0 Å². The standard InChI is InChI=1S/C42H74N10O14/c1-4-5-6-7-8-9-10-11-12-13-14-16-27-19-33(57)47-25(2)37(60)49-28(17-15-18-43)38(61)45-21-34(58)48-30(23-53)40(63)51-31(24-54)41(64)50-29(20-32(44)56)39(62)52-36(26(3)55)42(65)46-22-35(59)66-27/h25-31,36,53-55H,4-24,43H2,1-3H3,(H2,44,56)(H,45,61)(H,46,65)(H,47,57)(H,48,58)(H,49,60)(H,50,64)(H,51,63)(H,52,62). The molecule has 1 heterocycles. The van der Waals surface area contributed by atoms with Gasteiger partial charge in [0, 0.05) is 0 Å².